The van der Waals surface area contributed by atoms with Crippen LogP contribution >= 0.6 is 0 Å². The third kappa shape index (κ3) is 2.42. The van der Waals surface area contributed by atoms with Crippen LogP contribution in [0.2, 0.25) is 0 Å². The SMILES string of the molecule is CC12CCC(C1)C(C)(C)C2NS(=O)(=O)CC1CCCN1. The van der Waals surface area contributed by atoms with Gasteiger partial charge in [0.15, 0.2) is 0 Å². The minimum atomic E-state index is -3.19. The van der Waals surface area contributed by atoms with Crippen molar-refractivity contribution < 1.29 is 8.42 Å². The molecular weight excluding hydrogens is 272 g/mol. The summed E-state index contributed by atoms with van der Waals surface area (Å²) >= 11 is 0. The molecule has 3 rings (SSSR count). The van der Waals surface area contributed by atoms with Gasteiger partial charge in [-0.25, -0.2) is 13.1 Å². The normalized spacial score (nSPS) is 43.2. The van der Waals surface area contributed by atoms with Gasteiger partial charge in [0, 0.05) is 12.1 Å². The second-order valence-electron chi connectivity index (χ2n) is 8.04. The third-order valence-corrected chi connectivity index (χ3v) is 7.59. The smallest absolute Gasteiger partial charge is 0.213 e. The lowest BCUT2D eigenvalue weighted by Gasteiger charge is -2.43. The fraction of sp³-hybridized carbons (Fsp3) is 1.00. The number of rotatable bonds is 4. The van der Waals surface area contributed by atoms with Gasteiger partial charge in [0.2, 0.25) is 10.0 Å². The molecule has 0 aromatic rings. The van der Waals surface area contributed by atoms with E-state index in [1.54, 1.807) is 0 Å². The maximum atomic E-state index is 12.5. The topological polar surface area (TPSA) is 58.2 Å². The van der Waals surface area contributed by atoms with Crippen LogP contribution in [0.4, 0.5) is 0 Å². The van der Waals surface area contributed by atoms with E-state index in [-0.39, 0.29) is 28.7 Å². The van der Waals surface area contributed by atoms with Crippen molar-refractivity contribution in [1.29, 1.82) is 0 Å². The predicted molar refractivity (Wildman–Crippen MR) is 81.0 cm³/mol. The van der Waals surface area contributed by atoms with Crippen LogP contribution in [0, 0.1) is 16.7 Å². The van der Waals surface area contributed by atoms with Crippen molar-refractivity contribution >= 4 is 10.0 Å². The summed E-state index contributed by atoms with van der Waals surface area (Å²) in [7, 11) is -3.19. The summed E-state index contributed by atoms with van der Waals surface area (Å²) in [6, 6.07) is 0.238. The molecule has 4 nitrogen and oxygen atoms in total. The van der Waals surface area contributed by atoms with Gasteiger partial charge in [-0.2, -0.15) is 0 Å². The van der Waals surface area contributed by atoms with Gasteiger partial charge in [0.05, 0.1) is 5.75 Å². The Hall–Kier alpha value is -0.130. The second-order valence-corrected chi connectivity index (χ2v) is 9.84. The van der Waals surface area contributed by atoms with Gasteiger partial charge in [0.1, 0.15) is 0 Å². The van der Waals surface area contributed by atoms with E-state index in [2.05, 4.69) is 30.8 Å². The van der Waals surface area contributed by atoms with Crippen molar-refractivity contribution in [3.05, 3.63) is 0 Å². The zero-order valence-corrected chi connectivity index (χ0v) is 13.7. The lowest BCUT2D eigenvalue weighted by atomic mass is 9.69. The zero-order chi connectivity index (χ0) is 14.6. The molecule has 5 heteroatoms. The minimum absolute atomic E-state index is 0.0865. The first-order chi connectivity index (χ1) is 9.23. The molecule has 3 aliphatic rings. The van der Waals surface area contributed by atoms with Crippen molar-refractivity contribution in [3.63, 3.8) is 0 Å². The fourth-order valence-electron chi connectivity index (χ4n) is 4.99. The van der Waals surface area contributed by atoms with Crippen LogP contribution in [0.15, 0.2) is 0 Å². The summed E-state index contributed by atoms with van der Waals surface area (Å²) in [6.07, 6.45) is 5.67. The van der Waals surface area contributed by atoms with Gasteiger partial charge in [-0.3, -0.25) is 0 Å². The number of fused-ring (bicyclic) bond motifs is 2. The van der Waals surface area contributed by atoms with E-state index < -0.39 is 10.0 Å². The molecule has 2 aliphatic carbocycles. The predicted octanol–water partition coefficient (Wildman–Crippen LogP) is 1.87. The molecular formula is C15H28N2O2S. The van der Waals surface area contributed by atoms with Crippen LogP contribution in [0.3, 0.4) is 0 Å². The van der Waals surface area contributed by atoms with Crippen LogP contribution in [-0.4, -0.2) is 32.8 Å². The second kappa shape index (κ2) is 4.68. The van der Waals surface area contributed by atoms with Crippen molar-refractivity contribution in [3.8, 4) is 0 Å². The van der Waals surface area contributed by atoms with Crippen LogP contribution < -0.4 is 10.0 Å². The Morgan fingerprint density at radius 1 is 1.25 bits per heavy atom. The summed E-state index contributed by atoms with van der Waals surface area (Å²) in [5.41, 5.74) is 0.244. The molecule has 0 aromatic heterocycles. The molecule has 0 spiro atoms. The standard InChI is InChI=1S/C15H28N2O2S/c1-14(2)11-6-7-15(3,9-11)13(14)17-20(18,19)10-12-5-4-8-16-12/h11-13,16-17H,4-10H2,1-3H3. The van der Waals surface area contributed by atoms with Gasteiger partial charge < -0.3 is 5.32 Å². The molecule has 0 amide bonds. The van der Waals surface area contributed by atoms with Gasteiger partial charge in [0.25, 0.3) is 0 Å². The molecule has 20 heavy (non-hydrogen) atoms. The minimum Gasteiger partial charge on any atom is -0.313 e. The van der Waals surface area contributed by atoms with Crippen LogP contribution in [0.1, 0.15) is 52.9 Å². The molecule has 2 N–H and O–H groups in total. The van der Waals surface area contributed by atoms with Crippen molar-refractivity contribution in [1.82, 2.24) is 10.0 Å². The summed E-state index contributed by atoms with van der Waals surface area (Å²) in [6.45, 7) is 7.70. The highest BCUT2D eigenvalue weighted by atomic mass is 32.2. The Bertz CT molecular complexity index is 477. The zero-order valence-electron chi connectivity index (χ0n) is 12.9. The molecule has 4 unspecified atom stereocenters. The monoisotopic (exact) mass is 300 g/mol. The molecule has 2 saturated carbocycles. The first kappa shape index (κ1) is 14.8. The van der Waals surface area contributed by atoms with Crippen molar-refractivity contribution in [2.45, 2.75) is 65.0 Å². The Kier molecular flexibility index (Phi) is 3.46. The highest BCUT2D eigenvalue weighted by Gasteiger charge is 2.60. The highest BCUT2D eigenvalue weighted by Crippen LogP contribution is 2.62. The molecule has 1 saturated heterocycles. The Morgan fingerprint density at radius 2 is 2.00 bits per heavy atom. The maximum Gasteiger partial charge on any atom is 0.213 e. The van der Waals surface area contributed by atoms with Crippen LogP contribution in [-0.2, 0) is 10.0 Å². The molecule has 3 fully saturated rings. The third-order valence-electron chi connectivity index (χ3n) is 6.15. The molecule has 2 bridgehead atoms. The number of sulfonamides is 1. The molecule has 1 aliphatic heterocycles. The molecule has 0 radical (unpaired) electrons. The van der Waals surface area contributed by atoms with E-state index in [1.807, 2.05) is 0 Å². The number of nitrogens with one attached hydrogen (secondary N) is 2. The highest BCUT2D eigenvalue weighted by molar-refractivity contribution is 7.89. The average molecular weight is 300 g/mol. The maximum absolute atomic E-state index is 12.5. The average Bonchev–Trinajstić information content (AvgIpc) is 2.98. The summed E-state index contributed by atoms with van der Waals surface area (Å²) < 4.78 is 28.1. The Morgan fingerprint density at radius 3 is 2.55 bits per heavy atom. The van der Waals surface area contributed by atoms with E-state index in [0.717, 1.165) is 25.8 Å². The Balaban J connectivity index is 1.73. The van der Waals surface area contributed by atoms with Crippen LogP contribution in [0.25, 0.3) is 0 Å². The van der Waals surface area contributed by atoms with E-state index >= 15 is 0 Å². The lowest BCUT2D eigenvalue weighted by molar-refractivity contribution is 0.127. The number of hydrogen-bond donors (Lipinski definition) is 2. The van der Waals surface area contributed by atoms with Crippen LogP contribution in [0.5, 0.6) is 0 Å². The van der Waals surface area contributed by atoms with Gasteiger partial charge in [-0.1, -0.05) is 20.8 Å². The lowest BCUT2D eigenvalue weighted by Crippen LogP contribution is -2.53. The van der Waals surface area contributed by atoms with E-state index in [9.17, 15) is 8.42 Å². The molecule has 1 heterocycles. The van der Waals surface area contributed by atoms with Gasteiger partial charge in [-0.15, -0.1) is 0 Å². The summed E-state index contributed by atoms with van der Waals surface area (Å²) in [5.74, 6) is 0.908. The van der Waals surface area contributed by atoms with Crippen molar-refractivity contribution in [2.75, 3.05) is 12.3 Å². The first-order valence-corrected chi connectivity index (χ1v) is 9.62. The summed E-state index contributed by atoms with van der Waals surface area (Å²) in [4.78, 5) is 0. The molecule has 116 valence electrons. The van der Waals surface area contributed by atoms with Crippen molar-refractivity contribution in [2.24, 2.45) is 16.7 Å². The number of hydrogen-bond acceptors (Lipinski definition) is 3. The van der Waals surface area contributed by atoms with E-state index in [1.165, 1.54) is 12.8 Å². The molecule has 4 atom stereocenters. The van der Waals surface area contributed by atoms with E-state index in [4.69, 9.17) is 0 Å². The van der Waals surface area contributed by atoms with E-state index in [0.29, 0.717) is 5.92 Å². The summed E-state index contributed by atoms with van der Waals surface area (Å²) in [5, 5.41) is 3.28. The van der Waals surface area contributed by atoms with Gasteiger partial charge in [-0.05, 0) is 55.4 Å². The largest absolute Gasteiger partial charge is 0.313 e. The Labute approximate surface area is 123 Å². The first-order valence-electron chi connectivity index (χ1n) is 7.96. The fourth-order valence-corrected chi connectivity index (χ4v) is 6.85. The van der Waals surface area contributed by atoms with Gasteiger partial charge >= 0.3 is 0 Å². The quantitative estimate of drug-likeness (QED) is 0.833. The molecule has 0 aromatic carbocycles.